The van der Waals surface area contributed by atoms with Gasteiger partial charge in [0, 0.05) is 25.1 Å². The van der Waals surface area contributed by atoms with Crippen LogP contribution in [0.15, 0.2) is 30.3 Å². The van der Waals surface area contributed by atoms with Crippen molar-refractivity contribution in [3.63, 3.8) is 0 Å². The van der Waals surface area contributed by atoms with Crippen molar-refractivity contribution in [1.29, 1.82) is 0 Å². The van der Waals surface area contributed by atoms with Gasteiger partial charge in [0.2, 0.25) is 0 Å². The second kappa shape index (κ2) is 8.24. The van der Waals surface area contributed by atoms with Crippen molar-refractivity contribution in [1.82, 2.24) is 0 Å². The Morgan fingerprint density at radius 2 is 1.76 bits per heavy atom. The van der Waals surface area contributed by atoms with E-state index in [1.165, 1.54) is 0 Å². The minimum atomic E-state index is -1.71. The van der Waals surface area contributed by atoms with Crippen molar-refractivity contribution < 1.29 is 14.3 Å². The molecule has 0 atom stereocenters. The smallest absolute Gasteiger partial charge is 0.293 e. The van der Waals surface area contributed by atoms with Crippen LogP contribution in [0.1, 0.15) is 13.8 Å². The Labute approximate surface area is 104 Å². The fourth-order valence-electron chi connectivity index (χ4n) is 1.38. The summed E-state index contributed by atoms with van der Waals surface area (Å²) in [6.45, 7) is 4.88. The summed E-state index contributed by atoms with van der Waals surface area (Å²) >= 11 is 0. The molecule has 95 valence electrons. The van der Waals surface area contributed by atoms with E-state index in [1.54, 1.807) is 0 Å². The van der Waals surface area contributed by atoms with E-state index in [1.807, 2.05) is 44.2 Å². The number of nitrogens with one attached hydrogen (secondary N) is 1. The van der Waals surface area contributed by atoms with E-state index in [-0.39, 0.29) is 0 Å². The van der Waals surface area contributed by atoms with Gasteiger partial charge in [-0.15, -0.1) is 0 Å². The monoisotopic (exact) mass is 254 g/mol. The summed E-state index contributed by atoms with van der Waals surface area (Å²) in [6, 6.07) is 9.79. The number of anilines is 1. The molecule has 5 heteroatoms. The molecule has 4 nitrogen and oxygen atoms in total. The lowest BCUT2D eigenvalue weighted by Gasteiger charge is -2.20. The molecule has 0 aliphatic rings. The average molecular weight is 254 g/mol. The van der Waals surface area contributed by atoms with Crippen molar-refractivity contribution in [2.24, 2.45) is 0 Å². The molecule has 0 saturated carbocycles. The zero-order chi connectivity index (χ0) is 12.5. The van der Waals surface area contributed by atoms with Crippen LogP contribution in [0.5, 0.6) is 0 Å². The standard InChI is InChI=1S/C12H20NO3Si/c1-3-15-12(16-4-2)17(14)10-13-11-8-6-5-7-9-11/h5-9,12-14H,3-4,10H2,1-2H3. The van der Waals surface area contributed by atoms with Gasteiger partial charge in [0.05, 0.1) is 0 Å². The molecule has 1 aromatic rings. The molecule has 0 unspecified atom stereocenters. The van der Waals surface area contributed by atoms with Crippen LogP contribution in [-0.4, -0.2) is 39.1 Å². The molecule has 0 aliphatic carbocycles. The zero-order valence-electron chi connectivity index (χ0n) is 10.3. The average Bonchev–Trinajstić information content (AvgIpc) is 2.37. The number of rotatable bonds is 8. The topological polar surface area (TPSA) is 50.7 Å². The molecule has 0 amide bonds. The highest BCUT2D eigenvalue weighted by Crippen LogP contribution is 2.06. The molecule has 0 heterocycles. The predicted octanol–water partition coefficient (Wildman–Crippen LogP) is 1.56. The van der Waals surface area contributed by atoms with Gasteiger partial charge >= 0.3 is 0 Å². The van der Waals surface area contributed by atoms with Crippen molar-refractivity contribution in [3.8, 4) is 0 Å². The predicted molar refractivity (Wildman–Crippen MR) is 69.9 cm³/mol. The van der Waals surface area contributed by atoms with Crippen LogP contribution < -0.4 is 5.32 Å². The maximum atomic E-state index is 10.0. The van der Waals surface area contributed by atoms with Crippen LogP contribution in [0.2, 0.25) is 0 Å². The van der Waals surface area contributed by atoms with Crippen LogP contribution in [0.3, 0.4) is 0 Å². The summed E-state index contributed by atoms with van der Waals surface area (Å²) < 4.78 is 10.7. The minimum Gasteiger partial charge on any atom is -0.426 e. The lowest BCUT2D eigenvalue weighted by atomic mass is 10.3. The molecule has 0 aliphatic heterocycles. The molecule has 0 aromatic heterocycles. The zero-order valence-corrected chi connectivity index (χ0v) is 11.3. The fourth-order valence-corrected chi connectivity index (χ4v) is 2.65. The number of para-hydroxylation sites is 1. The third-order valence-corrected chi connectivity index (χ3v) is 3.57. The summed E-state index contributed by atoms with van der Waals surface area (Å²) in [5.41, 5.74) is 0.996. The van der Waals surface area contributed by atoms with E-state index in [0.717, 1.165) is 5.69 Å². The van der Waals surface area contributed by atoms with Crippen molar-refractivity contribution >= 4 is 14.7 Å². The quantitative estimate of drug-likeness (QED) is 0.546. The molecular formula is C12H20NO3Si. The van der Waals surface area contributed by atoms with Gasteiger partial charge in [-0.3, -0.25) is 0 Å². The van der Waals surface area contributed by atoms with Crippen LogP contribution in [0.4, 0.5) is 5.69 Å². The van der Waals surface area contributed by atoms with E-state index in [0.29, 0.717) is 19.4 Å². The first kappa shape index (κ1) is 14.2. The molecule has 0 bridgehead atoms. The summed E-state index contributed by atoms with van der Waals surface area (Å²) in [6.07, 6.45) is 0.499. The highest BCUT2D eigenvalue weighted by Gasteiger charge is 2.23. The molecule has 17 heavy (non-hydrogen) atoms. The third-order valence-electron chi connectivity index (χ3n) is 2.16. The van der Waals surface area contributed by atoms with Crippen LogP contribution in [-0.2, 0) is 9.47 Å². The molecule has 0 saturated heterocycles. The molecule has 0 fully saturated rings. The number of benzene rings is 1. The summed E-state index contributed by atoms with van der Waals surface area (Å²) in [5.74, 6) is -0.466. The Morgan fingerprint density at radius 3 is 2.29 bits per heavy atom. The van der Waals surface area contributed by atoms with E-state index in [2.05, 4.69) is 5.32 Å². The summed E-state index contributed by atoms with van der Waals surface area (Å²) in [7, 11) is -1.71. The molecular weight excluding hydrogens is 234 g/mol. The van der Waals surface area contributed by atoms with Crippen LogP contribution in [0.25, 0.3) is 0 Å². The van der Waals surface area contributed by atoms with Gasteiger partial charge in [-0.2, -0.15) is 0 Å². The maximum absolute atomic E-state index is 10.0. The molecule has 1 radical (unpaired) electrons. The van der Waals surface area contributed by atoms with Crippen molar-refractivity contribution in [3.05, 3.63) is 30.3 Å². The Kier molecular flexibility index (Phi) is 6.88. The van der Waals surface area contributed by atoms with Crippen LogP contribution in [0, 0.1) is 0 Å². The number of hydrogen-bond acceptors (Lipinski definition) is 4. The summed E-state index contributed by atoms with van der Waals surface area (Å²) in [4.78, 5) is 10.0. The molecule has 1 rings (SSSR count). The number of hydrogen-bond donors (Lipinski definition) is 2. The molecule has 2 N–H and O–H groups in total. The Hall–Kier alpha value is -0.883. The van der Waals surface area contributed by atoms with Gasteiger partial charge in [0.15, 0.2) is 5.91 Å². The maximum Gasteiger partial charge on any atom is 0.293 e. The SMILES string of the molecule is CCOC(OCC)[Si](O)CNc1ccccc1. The van der Waals surface area contributed by atoms with Gasteiger partial charge in [-0.25, -0.2) is 0 Å². The van der Waals surface area contributed by atoms with E-state index in [4.69, 9.17) is 9.47 Å². The van der Waals surface area contributed by atoms with Crippen molar-refractivity contribution in [2.45, 2.75) is 19.8 Å². The minimum absolute atomic E-state index is 0.466. The second-order valence-electron chi connectivity index (χ2n) is 3.45. The Bertz CT molecular complexity index is 291. The van der Waals surface area contributed by atoms with Gasteiger partial charge in [-0.1, -0.05) is 18.2 Å². The highest BCUT2D eigenvalue weighted by molar-refractivity contribution is 6.52. The summed E-state index contributed by atoms with van der Waals surface area (Å²) in [5, 5.41) is 3.18. The highest BCUT2D eigenvalue weighted by atomic mass is 28.3. The fraction of sp³-hybridized carbons (Fsp3) is 0.500. The van der Waals surface area contributed by atoms with E-state index < -0.39 is 15.0 Å². The first-order valence-electron chi connectivity index (χ1n) is 5.84. The van der Waals surface area contributed by atoms with Gasteiger partial charge in [0.1, 0.15) is 0 Å². The van der Waals surface area contributed by atoms with Crippen LogP contribution >= 0.6 is 0 Å². The molecule has 1 aromatic carbocycles. The van der Waals surface area contributed by atoms with Gasteiger partial charge < -0.3 is 19.6 Å². The lowest BCUT2D eigenvalue weighted by Crippen LogP contribution is -2.41. The molecule has 0 spiro atoms. The lowest BCUT2D eigenvalue weighted by molar-refractivity contribution is -0.0916. The van der Waals surface area contributed by atoms with Crippen molar-refractivity contribution in [2.75, 3.05) is 24.7 Å². The normalized spacial score (nSPS) is 11.1. The third kappa shape index (κ3) is 5.32. The first-order chi connectivity index (χ1) is 8.27. The second-order valence-corrected chi connectivity index (χ2v) is 5.26. The Morgan fingerprint density at radius 1 is 1.18 bits per heavy atom. The van der Waals surface area contributed by atoms with Gasteiger partial charge in [-0.05, 0) is 26.0 Å². The first-order valence-corrected chi connectivity index (χ1v) is 7.57. The van der Waals surface area contributed by atoms with E-state index in [9.17, 15) is 4.80 Å². The Balaban J connectivity index is 2.38. The van der Waals surface area contributed by atoms with E-state index >= 15 is 0 Å². The van der Waals surface area contributed by atoms with Gasteiger partial charge in [0.25, 0.3) is 9.04 Å². The number of ether oxygens (including phenoxy) is 2. The largest absolute Gasteiger partial charge is 0.426 e.